The number of rotatable bonds is 6. The molecule has 1 fully saturated rings. The number of hydrogen-bond acceptors (Lipinski definition) is 3. The summed E-state index contributed by atoms with van der Waals surface area (Å²) in [5.74, 6) is 0.0521. The topological polar surface area (TPSA) is 41.6 Å². The molecule has 0 aromatic heterocycles. The third kappa shape index (κ3) is 5.50. The highest BCUT2D eigenvalue weighted by Gasteiger charge is 2.21. The quantitative estimate of drug-likeness (QED) is 0.765. The normalized spacial score (nSPS) is 24.6. The van der Waals surface area contributed by atoms with Crippen molar-refractivity contribution in [3.63, 3.8) is 0 Å². The van der Waals surface area contributed by atoms with Crippen LogP contribution in [0.15, 0.2) is 0 Å². The van der Waals surface area contributed by atoms with Gasteiger partial charge < -0.3 is 15.0 Å². The molecule has 1 aliphatic carbocycles. The molecular weight excluding hydrogens is 216 g/mol. The average Bonchev–Trinajstić information content (AvgIpc) is 2.34. The fourth-order valence-corrected chi connectivity index (χ4v) is 2.10. The van der Waals surface area contributed by atoms with Crippen LogP contribution in [0, 0.1) is 0 Å². The molecule has 100 valence electrons. The third-order valence-electron chi connectivity index (χ3n) is 3.30. The molecule has 0 atom stereocenters. The zero-order valence-corrected chi connectivity index (χ0v) is 11.4. The van der Waals surface area contributed by atoms with Crippen LogP contribution in [0.5, 0.6) is 0 Å². The van der Waals surface area contributed by atoms with Gasteiger partial charge in [-0.1, -0.05) is 6.92 Å². The Morgan fingerprint density at radius 2 is 1.94 bits per heavy atom. The molecule has 0 heterocycles. The van der Waals surface area contributed by atoms with E-state index in [4.69, 9.17) is 4.74 Å². The van der Waals surface area contributed by atoms with Gasteiger partial charge in [0.15, 0.2) is 0 Å². The van der Waals surface area contributed by atoms with E-state index in [-0.39, 0.29) is 18.6 Å². The number of likely N-dealkylation sites (N-methyl/N-ethyl adjacent to an activating group) is 1. The number of hydrogen-bond donors (Lipinski definition) is 1. The van der Waals surface area contributed by atoms with E-state index in [2.05, 4.69) is 12.2 Å². The molecule has 1 N–H and O–H groups in total. The van der Waals surface area contributed by atoms with Gasteiger partial charge in [-0.05, 0) is 38.6 Å². The highest BCUT2D eigenvalue weighted by Crippen LogP contribution is 2.21. The first kappa shape index (κ1) is 14.5. The molecule has 0 bridgehead atoms. The van der Waals surface area contributed by atoms with Crippen LogP contribution in [0.2, 0.25) is 0 Å². The van der Waals surface area contributed by atoms with Crippen LogP contribution in [0.25, 0.3) is 0 Å². The molecule has 0 spiro atoms. The van der Waals surface area contributed by atoms with Gasteiger partial charge in [0.1, 0.15) is 6.61 Å². The van der Waals surface area contributed by atoms with E-state index in [0.29, 0.717) is 6.04 Å². The Hall–Kier alpha value is -0.610. The van der Waals surface area contributed by atoms with Gasteiger partial charge in [0.05, 0.1) is 6.10 Å². The largest absolute Gasteiger partial charge is 0.368 e. The first-order chi connectivity index (χ1) is 8.13. The molecule has 0 unspecified atom stereocenters. The highest BCUT2D eigenvalue weighted by atomic mass is 16.5. The standard InChI is InChI=1S/C13H26N2O2/c1-4-9-14-11-5-7-12(8-6-11)17-10-13(16)15(2)3/h11-12,14H,4-10H2,1-3H3. The lowest BCUT2D eigenvalue weighted by molar-refractivity contribution is -0.136. The van der Waals surface area contributed by atoms with E-state index in [0.717, 1.165) is 19.4 Å². The second kappa shape index (κ2) is 7.67. The molecule has 0 aliphatic heterocycles. The van der Waals surface area contributed by atoms with Crippen molar-refractivity contribution < 1.29 is 9.53 Å². The predicted molar refractivity (Wildman–Crippen MR) is 69.0 cm³/mol. The van der Waals surface area contributed by atoms with Gasteiger partial charge in [-0.2, -0.15) is 0 Å². The van der Waals surface area contributed by atoms with Crippen molar-refractivity contribution in [3.8, 4) is 0 Å². The van der Waals surface area contributed by atoms with Gasteiger partial charge in [-0.25, -0.2) is 0 Å². The van der Waals surface area contributed by atoms with E-state index in [1.807, 2.05) is 0 Å². The van der Waals surface area contributed by atoms with E-state index < -0.39 is 0 Å². The van der Waals surface area contributed by atoms with Crippen LogP contribution in [0.3, 0.4) is 0 Å². The Balaban J connectivity index is 2.12. The van der Waals surface area contributed by atoms with E-state index in [9.17, 15) is 4.79 Å². The smallest absolute Gasteiger partial charge is 0.248 e. The van der Waals surface area contributed by atoms with Crippen LogP contribution >= 0.6 is 0 Å². The maximum Gasteiger partial charge on any atom is 0.248 e. The Morgan fingerprint density at radius 3 is 2.47 bits per heavy atom. The average molecular weight is 242 g/mol. The fraction of sp³-hybridized carbons (Fsp3) is 0.923. The second-order valence-electron chi connectivity index (χ2n) is 5.03. The zero-order chi connectivity index (χ0) is 12.7. The number of carbonyl (C=O) groups is 1. The van der Waals surface area contributed by atoms with Gasteiger partial charge in [-0.3, -0.25) is 4.79 Å². The Labute approximate surface area is 105 Å². The van der Waals surface area contributed by atoms with Crippen LogP contribution in [-0.4, -0.2) is 50.2 Å². The maximum atomic E-state index is 11.4. The molecule has 1 rings (SSSR count). The Kier molecular flexibility index (Phi) is 6.52. The van der Waals surface area contributed by atoms with Gasteiger partial charge in [-0.15, -0.1) is 0 Å². The minimum absolute atomic E-state index is 0.0521. The Bertz CT molecular complexity index is 223. The van der Waals surface area contributed by atoms with Gasteiger partial charge in [0, 0.05) is 20.1 Å². The fourth-order valence-electron chi connectivity index (χ4n) is 2.10. The molecule has 4 heteroatoms. The molecular formula is C13H26N2O2. The second-order valence-corrected chi connectivity index (χ2v) is 5.03. The van der Waals surface area contributed by atoms with E-state index in [1.54, 1.807) is 19.0 Å². The first-order valence-corrected chi connectivity index (χ1v) is 6.68. The van der Waals surface area contributed by atoms with Crippen molar-refractivity contribution in [1.29, 1.82) is 0 Å². The molecule has 0 radical (unpaired) electrons. The number of carbonyl (C=O) groups excluding carboxylic acids is 1. The van der Waals surface area contributed by atoms with Crippen molar-refractivity contribution in [2.45, 2.75) is 51.2 Å². The summed E-state index contributed by atoms with van der Waals surface area (Å²) in [6, 6.07) is 0.652. The molecule has 1 aliphatic rings. The summed E-state index contributed by atoms with van der Waals surface area (Å²) in [5.41, 5.74) is 0. The van der Waals surface area contributed by atoms with Gasteiger partial charge in [0.2, 0.25) is 5.91 Å². The highest BCUT2D eigenvalue weighted by molar-refractivity contribution is 5.76. The molecule has 1 amide bonds. The number of nitrogens with one attached hydrogen (secondary N) is 1. The van der Waals surface area contributed by atoms with Crippen LogP contribution in [-0.2, 0) is 9.53 Å². The SMILES string of the molecule is CCCNC1CCC(OCC(=O)N(C)C)CC1. The minimum Gasteiger partial charge on any atom is -0.368 e. The summed E-state index contributed by atoms with van der Waals surface area (Å²) in [6.07, 6.45) is 5.94. The van der Waals surface area contributed by atoms with Gasteiger partial charge in [0.25, 0.3) is 0 Å². The maximum absolute atomic E-state index is 11.4. The van der Waals surface area contributed by atoms with Crippen molar-refractivity contribution in [1.82, 2.24) is 10.2 Å². The number of nitrogens with zero attached hydrogens (tertiary/aromatic N) is 1. The third-order valence-corrected chi connectivity index (χ3v) is 3.30. The molecule has 0 aromatic rings. The summed E-state index contributed by atoms with van der Waals surface area (Å²) in [7, 11) is 3.52. The van der Waals surface area contributed by atoms with Gasteiger partial charge >= 0.3 is 0 Å². The summed E-state index contributed by atoms with van der Waals surface area (Å²) in [6.45, 7) is 3.52. The summed E-state index contributed by atoms with van der Waals surface area (Å²) >= 11 is 0. The predicted octanol–water partition coefficient (Wildman–Crippen LogP) is 1.40. The van der Waals surface area contributed by atoms with Crippen molar-refractivity contribution >= 4 is 5.91 Å². The molecule has 0 saturated heterocycles. The van der Waals surface area contributed by atoms with Crippen molar-refractivity contribution in [2.24, 2.45) is 0 Å². The lowest BCUT2D eigenvalue weighted by Gasteiger charge is -2.29. The van der Waals surface area contributed by atoms with Crippen molar-refractivity contribution in [3.05, 3.63) is 0 Å². The molecule has 1 saturated carbocycles. The van der Waals surface area contributed by atoms with Crippen molar-refractivity contribution in [2.75, 3.05) is 27.2 Å². The molecule has 0 aromatic carbocycles. The Morgan fingerprint density at radius 1 is 1.29 bits per heavy atom. The van der Waals surface area contributed by atoms with E-state index >= 15 is 0 Å². The van der Waals surface area contributed by atoms with Crippen LogP contribution < -0.4 is 5.32 Å². The zero-order valence-electron chi connectivity index (χ0n) is 11.4. The lowest BCUT2D eigenvalue weighted by Crippen LogP contribution is -2.37. The lowest BCUT2D eigenvalue weighted by atomic mass is 9.93. The first-order valence-electron chi connectivity index (χ1n) is 6.68. The van der Waals surface area contributed by atoms with E-state index in [1.165, 1.54) is 19.3 Å². The summed E-state index contributed by atoms with van der Waals surface area (Å²) in [4.78, 5) is 13.0. The summed E-state index contributed by atoms with van der Waals surface area (Å²) < 4.78 is 5.64. The summed E-state index contributed by atoms with van der Waals surface area (Å²) in [5, 5.41) is 3.54. The molecule has 4 nitrogen and oxygen atoms in total. The molecule has 17 heavy (non-hydrogen) atoms. The van der Waals surface area contributed by atoms with Crippen LogP contribution in [0.4, 0.5) is 0 Å². The monoisotopic (exact) mass is 242 g/mol. The number of amides is 1. The minimum atomic E-state index is 0.0521. The van der Waals surface area contributed by atoms with Crippen LogP contribution in [0.1, 0.15) is 39.0 Å². The number of ether oxygens (including phenoxy) is 1.